The quantitative estimate of drug-likeness (QED) is 0.460. The predicted octanol–water partition coefficient (Wildman–Crippen LogP) is 3.35. The molecule has 34 heavy (non-hydrogen) atoms. The number of rotatable bonds is 6. The molecule has 0 saturated carbocycles. The van der Waals surface area contributed by atoms with E-state index >= 15 is 0 Å². The molecule has 1 aliphatic rings. The Kier molecular flexibility index (Phi) is 6.02. The van der Waals surface area contributed by atoms with E-state index in [1.54, 1.807) is 14.2 Å². The minimum atomic E-state index is -0.318. The zero-order chi connectivity index (χ0) is 23.7. The molecule has 0 radical (unpaired) electrons. The van der Waals surface area contributed by atoms with Gasteiger partial charge in [-0.15, -0.1) is 0 Å². The van der Waals surface area contributed by atoms with Gasteiger partial charge >= 0.3 is 0 Å². The highest BCUT2D eigenvalue weighted by atomic mass is 32.1. The van der Waals surface area contributed by atoms with Crippen molar-refractivity contribution in [2.45, 2.75) is 25.4 Å². The highest BCUT2D eigenvalue weighted by molar-refractivity contribution is 7.21. The first kappa shape index (κ1) is 22.1. The van der Waals surface area contributed by atoms with E-state index in [0.717, 1.165) is 24.0 Å². The first-order valence-electron chi connectivity index (χ1n) is 11.2. The van der Waals surface area contributed by atoms with Gasteiger partial charge in [-0.1, -0.05) is 53.8 Å². The number of fused-ring (bicyclic) bond motifs is 1. The Hall–Kier alpha value is -3.72. The van der Waals surface area contributed by atoms with Crippen LogP contribution in [0.4, 0.5) is 5.13 Å². The van der Waals surface area contributed by atoms with Crippen LogP contribution in [-0.4, -0.2) is 40.1 Å². The van der Waals surface area contributed by atoms with Gasteiger partial charge in [-0.05, 0) is 30.5 Å². The molecule has 174 valence electrons. The average molecular weight is 476 g/mol. The fourth-order valence-corrected chi connectivity index (χ4v) is 5.31. The van der Waals surface area contributed by atoms with Crippen LogP contribution in [0.3, 0.4) is 0 Å². The van der Waals surface area contributed by atoms with Crippen molar-refractivity contribution in [1.82, 2.24) is 19.9 Å². The fourth-order valence-electron chi connectivity index (χ4n) is 4.31. The molecular formula is C25H25N5O3S. The number of benzene rings is 2. The van der Waals surface area contributed by atoms with Gasteiger partial charge in [0.25, 0.3) is 5.56 Å². The molecule has 0 unspecified atom stereocenters. The molecule has 2 aromatic carbocycles. The van der Waals surface area contributed by atoms with Gasteiger partial charge in [-0.2, -0.15) is 0 Å². The number of methoxy groups -OCH3 is 1. The number of aromatic nitrogens is 3. The van der Waals surface area contributed by atoms with Crippen molar-refractivity contribution < 1.29 is 9.53 Å². The van der Waals surface area contributed by atoms with Crippen molar-refractivity contribution in [3.63, 3.8) is 0 Å². The summed E-state index contributed by atoms with van der Waals surface area (Å²) in [5.74, 6) is 1.13. The summed E-state index contributed by atoms with van der Waals surface area (Å²) in [6.45, 7) is 1.19. The number of anilines is 1. The smallest absolute Gasteiger partial charge is 0.281 e. The normalized spacial score (nSPS) is 15.6. The Balaban J connectivity index is 1.45. The molecule has 1 aliphatic heterocycles. The Morgan fingerprint density at radius 2 is 1.91 bits per heavy atom. The summed E-state index contributed by atoms with van der Waals surface area (Å²) in [5, 5.41) is 3.69. The standard InChI is InChI=1S/C25H25N5O3S/c1-29-21(17-11-6-7-13-19(17)33-2)28-23-20(24(29)32)27-25(34-23)30-14-8-12-18(30)22(31)26-15-16-9-4-3-5-10-16/h3-7,9-11,13,18H,8,12,14-15H2,1-2H3,(H,26,31)/t18-/m1/s1. The summed E-state index contributed by atoms with van der Waals surface area (Å²) in [6, 6.07) is 17.0. The van der Waals surface area contributed by atoms with E-state index in [1.165, 1.54) is 15.9 Å². The molecule has 8 nitrogen and oxygen atoms in total. The molecule has 1 fully saturated rings. The molecule has 5 rings (SSSR count). The average Bonchev–Trinajstić information content (AvgIpc) is 3.53. The number of ether oxygens (including phenoxy) is 1. The second-order valence-corrected chi connectivity index (χ2v) is 9.16. The Labute approximate surface area is 200 Å². The highest BCUT2D eigenvalue weighted by Crippen LogP contribution is 2.34. The number of nitrogens with one attached hydrogen (secondary N) is 1. The topological polar surface area (TPSA) is 89.3 Å². The van der Waals surface area contributed by atoms with Crippen LogP contribution >= 0.6 is 11.3 Å². The molecule has 1 N–H and O–H groups in total. The van der Waals surface area contributed by atoms with Crippen LogP contribution in [0.15, 0.2) is 59.4 Å². The first-order chi connectivity index (χ1) is 16.6. The summed E-state index contributed by atoms with van der Waals surface area (Å²) in [4.78, 5) is 38.1. The van der Waals surface area contributed by atoms with Gasteiger partial charge in [-0.3, -0.25) is 14.2 Å². The summed E-state index contributed by atoms with van der Waals surface area (Å²) < 4.78 is 6.97. The van der Waals surface area contributed by atoms with E-state index in [2.05, 4.69) is 10.3 Å². The molecule has 0 spiro atoms. The van der Waals surface area contributed by atoms with Gasteiger partial charge in [0.15, 0.2) is 15.5 Å². The van der Waals surface area contributed by atoms with Gasteiger partial charge in [0, 0.05) is 20.1 Å². The molecule has 1 saturated heterocycles. The van der Waals surface area contributed by atoms with Gasteiger partial charge in [0.1, 0.15) is 17.6 Å². The monoisotopic (exact) mass is 475 g/mol. The number of thiazole rings is 1. The number of hydrogen-bond acceptors (Lipinski definition) is 7. The molecule has 0 bridgehead atoms. The van der Waals surface area contributed by atoms with Crippen molar-refractivity contribution in [3.05, 3.63) is 70.5 Å². The van der Waals surface area contributed by atoms with Crippen LogP contribution in [-0.2, 0) is 18.4 Å². The van der Waals surface area contributed by atoms with Crippen molar-refractivity contribution in [2.75, 3.05) is 18.6 Å². The number of carbonyl (C=O) groups excluding carboxylic acids is 1. The lowest BCUT2D eigenvalue weighted by Crippen LogP contribution is -2.43. The Bertz CT molecular complexity index is 1400. The first-order valence-corrected chi connectivity index (χ1v) is 12.0. The lowest BCUT2D eigenvalue weighted by molar-refractivity contribution is -0.122. The number of amides is 1. The Morgan fingerprint density at radius 3 is 2.71 bits per heavy atom. The third kappa shape index (κ3) is 4.03. The van der Waals surface area contributed by atoms with Crippen LogP contribution in [0.25, 0.3) is 21.7 Å². The molecular weight excluding hydrogens is 450 g/mol. The molecule has 0 aliphatic carbocycles. The van der Waals surface area contributed by atoms with Gasteiger partial charge in [0.05, 0.1) is 12.7 Å². The van der Waals surface area contributed by atoms with E-state index in [4.69, 9.17) is 9.72 Å². The minimum absolute atomic E-state index is 0.0313. The van der Waals surface area contributed by atoms with Gasteiger partial charge in [0.2, 0.25) is 5.91 Å². The maximum Gasteiger partial charge on any atom is 0.281 e. The van der Waals surface area contributed by atoms with Crippen molar-refractivity contribution >= 4 is 32.7 Å². The lowest BCUT2D eigenvalue weighted by Gasteiger charge is -2.23. The van der Waals surface area contributed by atoms with Crippen LogP contribution in [0.1, 0.15) is 18.4 Å². The largest absolute Gasteiger partial charge is 0.496 e. The zero-order valence-electron chi connectivity index (χ0n) is 19.0. The number of para-hydroxylation sites is 1. The van der Waals surface area contributed by atoms with E-state index < -0.39 is 0 Å². The second-order valence-electron chi connectivity index (χ2n) is 8.20. The van der Waals surface area contributed by atoms with Crippen LogP contribution in [0.2, 0.25) is 0 Å². The number of carbonyl (C=O) groups is 1. The van der Waals surface area contributed by atoms with Gasteiger partial charge in [-0.25, -0.2) is 9.97 Å². The van der Waals surface area contributed by atoms with Crippen LogP contribution in [0, 0.1) is 0 Å². The molecule has 3 heterocycles. The number of hydrogen-bond donors (Lipinski definition) is 1. The summed E-state index contributed by atoms with van der Waals surface area (Å²) in [6.07, 6.45) is 1.63. The number of nitrogens with zero attached hydrogens (tertiary/aromatic N) is 4. The summed E-state index contributed by atoms with van der Waals surface area (Å²) in [7, 11) is 3.28. The SMILES string of the molecule is COc1ccccc1-c1nc2sc(N3CCC[C@@H]3C(=O)NCc3ccccc3)nc2c(=O)n1C. The predicted molar refractivity (Wildman–Crippen MR) is 133 cm³/mol. The molecule has 1 atom stereocenters. The summed E-state index contributed by atoms with van der Waals surface area (Å²) in [5.41, 5.74) is 1.88. The molecule has 4 aromatic rings. The highest BCUT2D eigenvalue weighted by Gasteiger charge is 2.33. The second kappa shape index (κ2) is 9.26. The fraction of sp³-hybridized carbons (Fsp3) is 0.280. The zero-order valence-corrected chi connectivity index (χ0v) is 19.8. The van der Waals surface area contributed by atoms with Crippen molar-refractivity contribution in [1.29, 1.82) is 0 Å². The maximum absolute atomic E-state index is 13.2. The third-order valence-electron chi connectivity index (χ3n) is 6.09. The minimum Gasteiger partial charge on any atom is -0.496 e. The van der Waals surface area contributed by atoms with Gasteiger partial charge < -0.3 is 15.0 Å². The summed E-state index contributed by atoms with van der Waals surface area (Å²) >= 11 is 1.34. The van der Waals surface area contributed by atoms with E-state index in [1.807, 2.05) is 59.5 Å². The van der Waals surface area contributed by atoms with E-state index in [9.17, 15) is 9.59 Å². The molecule has 9 heteroatoms. The lowest BCUT2D eigenvalue weighted by atomic mass is 10.2. The Morgan fingerprint density at radius 1 is 1.15 bits per heavy atom. The maximum atomic E-state index is 13.2. The molecule has 1 amide bonds. The molecule has 2 aromatic heterocycles. The van der Waals surface area contributed by atoms with Crippen LogP contribution < -0.4 is 20.5 Å². The van der Waals surface area contributed by atoms with E-state index in [-0.39, 0.29) is 17.5 Å². The van der Waals surface area contributed by atoms with E-state index in [0.29, 0.717) is 40.1 Å². The van der Waals surface area contributed by atoms with Crippen LogP contribution in [0.5, 0.6) is 5.75 Å². The van der Waals surface area contributed by atoms with Crippen molar-refractivity contribution in [3.8, 4) is 17.1 Å². The third-order valence-corrected chi connectivity index (χ3v) is 7.08. The van der Waals surface area contributed by atoms with Crippen molar-refractivity contribution in [2.24, 2.45) is 7.05 Å².